The fraction of sp³-hybridized carbons (Fsp3) is 0.462. The molecule has 2 aromatic carbocycles. The number of sulfonamides is 1. The number of nitrogens with one attached hydrogen (secondary N) is 1. The van der Waals surface area contributed by atoms with Crippen molar-refractivity contribution in [1.82, 2.24) is 10.2 Å². The van der Waals surface area contributed by atoms with Crippen LogP contribution in [0.1, 0.15) is 37.3 Å². The lowest BCUT2D eigenvalue weighted by Gasteiger charge is -2.31. The normalized spacial score (nSPS) is 13.6. The molecular weight excluding hydrogens is 482 g/mol. The second kappa shape index (κ2) is 12.1. The number of hydrogen-bond acceptors (Lipinski definition) is 6. The van der Waals surface area contributed by atoms with E-state index in [1.807, 2.05) is 38.1 Å². The maximum atomic E-state index is 13.3. The number of fused-ring (bicyclic) bond motifs is 1. The Morgan fingerprint density at radius 3 is 2.33 bits per heavy atom. The molecule has 9 nitrogen and oxygen atoms in total. The number of amides is 2. The summed E-state index contributed by atoms with van der Waals surface area (Å²) in [5.41, 5.74) is 2.47. The Morgan fingerprint density at radius 2 is 1.72 bits per heavy atom. The highest BCUT2D eigenvalue weighted by atomic mass is 32.2. The highest BCUT2D eigenvalue weighted by Gasteiger charge is 2.28. The summed E-state index contributed by atoms with van der Waals surface area (Å²) in [4.78, 5) is 27.5. The van der Waals surface area contributed by atoms with E-state index in [0.29, 0.717) is 43.4 Å². The van der Waals surface area contributed by atoms with Crippen LogP contribution < -0.4 is 19.1 Å². The third kappa shape index (κ3) is 6.90. The predicted molar refractivity (Wildman–Crippen MR) is 139 cm³/mol. The van der Waals surface area contributed by atoms with Gasteiger partial charge < -0.3 is 19.7 Å². The second-order valence-corrected chi connectivity index (χ2v) is 10.7. The molecule has 0 fully saturated rings. The molecule has 3 rings (SSSR count). The minimum absolute atomic E-state index is 0.0932. The first-order valence-electron chi connectivity index (χ1n) is 12.1. The summed E-state index contributed by atoms with van der Waals surface area (Å²) >= 11 is 0. The third-order valence-corrected chi connectivity index (χ3v) is 7.27. The Balaban J connectivity index is 1.74. The van der Waals surface area contributed by atoms with Crippen molar-refractivity contribution < 1.29 is 27.5 Å². The van der Waals surface area contributed by atoms with Crippen molar-refractivity contribution in [2.24, 2.45) is 0 Å². The molecule has 0 aromatic heterocycles. The van der Waals surface area contributed by atoms with Gasteiger partial charge in [0.05, 0.1) is 11.9 Å². The summed E-state index contributed by atoms with van der Waals surface area (Å²) in [5.74, 6) is 0.623. The average molecular weight is 518 g/mol. The van der Waals surface area contributed by atoms with Gasteiger partial charge in [-0.3, -0.25) is 13.9 Å². The lowest BCUT2D eigenvalue weighted by molar-refractivity contribution is -0.141. The zero-order valence-corrected chi connectivity index (χ0v) is 22.1. The summed E-state index contributed by atoms with van der Waals surface area (Å²) in [7, 11) is -2.05. The quantitative estimate of drug-likeness (QED) is 0.492. The van der Waals surface area contributed by atoms with E-state index in [0.717, 1.165) is 17.4 Å². The maximum absolute atomic E-state index is 13.3. The molecule has 1 aliphatic rings. The number of carbonyl (C=O) groups excluding carboxylic acids is 2. The summed E-state index contributed by atoms with van der Waals surface area (Å²) < 4.78 is 37.5. The molecule has 1 aliphatic heterocycles. The van der Waals surface area contributed by atoms with Gasteiger partial charge in [-0.25, -0.2) is 8.42 Å². The summed E-state index contributed by atoms with van der Waals surface area (Å²) in [6, 6.07) is 12.2. The first-order valence-corrected chi connectivity index (χ1v) is 13.9. The number of likely N-dealkylation sites (N-methyl/N-ethyl adjacent to an activating group) is 1. The summed E-state index contributed by atoms with van der Waals surface area (Å²) in [6.07, 6.45) is 1.98. The minimum Gasteiger partial charge on any atom is -0.486 e. The molecule has 0 saturated heterocycles. The van der Waals surface area contributed by atoms with Gasteiger partial charge >= 0.3 is 0 Å². The molecule has 0 radical (unpaired) electrons. The SMILES string of the molecule is CCC(C(=O)NC)N(Cc1ccc(C)cc1)C(=O)CCCN(c1ccc2c(c1)OCCO2)S(C)(=O)=O. The minimum atomic E-state index is -3.61. The number of nitrogens with zero attached hydrogens (tertiary/aromatic N) is 2. The summed E-state index contributed by atoms with van der Waals surface area (Å²) in [5, 5.41) is 2.64. The molecule has 0 bridgehead atoms. The van der Waals surface area contributed by atoms with Crippen molar-refractivity contribution in [1.29, 1.82) is 0 Å². The molecule has 36 heavy (non-hydrogen) atoms. The molecule has 2 amide bonds. The molecule has 0 spiro atoms. The van der Waals surface area contributed by atoms with Crippen LogP contribution >= 0.6 is 0 Å². The van der Waals surface area contributed by atoms with Gasteiger partial charge in [0.15, 0.2) is 11.5 Å². The third-order valence-electron chi connectivity index (χ3n) is 6.07. The number of ether oxygens (including phenoxy) is 2. The van der Waals surface area contributed by atoms with E-state index in [4.69, 9.17) is 9.47 Å². The van der Waals surface area contributed by atoms with E-state index in [-0.39, 0.29) is 31.2 Å². The molecule has 0 saturated carbocycles. The monoisotopic (exact) mass is 517 g/mol. The molecule has 1 atom stereocenters. The van der Waals surface area contributed by atoms with Crippen LogP contribution in [0.3, 0.4) is 0 Å². The number of anilines is 1. The van der Waals surface area contributed by atoms with Crippen molar-refractivity contribution in [2.75, 3.05) is 37.4 Å². The van der Waals surface area contributed by atoms with Gasteiger partial charge in [-0.05, 0) is 37.5 Å². The smallest absolute Gasteiger partial charge is 0.242 e. The first kappa shape index (κ1) is 27.3. The van der Waals surface area contributed by atoms with Crippen molar-refractivity contribution >= 4 is 27.5 Å². The Labute approximate surface area is 213 Å². The Morgan fingerprint density at radius 1 is 1.06 bits per heavy atom. The van der Waals surface area contributed by atoms with Gasteiger partial charge in [-0.15, -0.1) is 0 Å². The molecule has 196 valence electrons. The number of benzene rings is 2. The zero-order chi connectivity index (χ0) is 26.3. The van der Waals surface area contributed by atoms with Crippen molar-refractivity contribution in [3.8, 4) is 11.5 Å². The molecule has 1 unspecified atom stereocenters. The van der Waals surface area contributed by atoms with Crippen LogP contribution in [0.25, 0.3) is 0 Å². The van der Waals surface area contributed by atoms with Crippen LogP contribution in [0.5, 0.6) is 11.5 Å². The fourth-order valence-electron chi connectivity index (χ4n) is 4.17. The highest BCUT2D eigenvalue weighted by molar-refractivity contribution is 7.92. The van der Waals surface area contributed by atoms with Gasteiger partial charge in [0.1, 0.15) is 19.3 Å². The van der Waals surface area contributed by atoms with Crippen LogP contribution in [0.15, 0.2) is 42.5 Å². The number of hydrogen-bond donors (Lipinski definition) is 1. The lowest BCUT2D eigenvalue weighted by atomic mass is 10.1. The molecule has 10 heteroatoms. The molecule has 1 N–H and O–H groups in total. The van der Waals surface area contributed by atoms with E-state index in [1.165, 1.54) is 4.31 Å². The lowest BCUT2D eigenvalue weighted by Crippen LogP contribution is -2.48. The molecule has 0 aliphatic carbocycles. The summed E-state index contributed by atoms with van der Waals surface area (Å²) in [6.45, 7) is 5.09. The van der Waals surface area contributed by atoms with E-state index in [1.54, 1.807) is 30.1 Å². The fourth-order valence-corrected chi connectivity index (χ4v) is 5.12. The number of aryl methyl sites for hydroxylation is 1. The van der Waals surface area contributed by atoms with E-state index in [9.17, 15) is 18.0 Å². The number of carbonyl (C=O) groups is 2. The van der Waals surface area contributed by atoms with E-state index < -0.39 is 16.1 Å². The largest absolute Gasteiger partial charge is 0.486 e. The van der Waals surface area contributed by atoms with Crippen LogP contribution in [0.2, 0.25) is 0 Å². The maximum Gasteiger partial charge on any atom is 0.242 e. The number of rotatable bonds is 11. The predicted octanol–water partition coefficient (Wildman–Crippen LogP) is 2.87. The standard InChI is InChI=1S/C26H35N3O6S/c1-5-22(26(31)27-3)28(18-20-10-8-19(2)9-11-20)25(30)7-6-14-29(36(4,32)33)21-12-13-23-24(17-21)35-16-15-34-23/h8-13,17,22H,5-7,14-16,18H2,1-4H3,(H,27,31). The van der Waals surface area contributed by atoms with Crippen molar-refractivity contribution in [3.05, 3.63) is 53.6 Å². The van der Waals surface area contributed by atoms with Crippen LogP contribution in [0.4, 0.5) is 5.69 Å². The topological polar surface area (TPSA) is 105 Å². The second-order valence-electron chi connectivity index (χ2n) is 8.81. The van der Waals surface area contributed by atoms with Crippen LogP contribution in [0, 0.1) is 6.92 Å². The van der Waals surface area contributed by atoms with Crippen molar-refractivity contribution in [3.63, 3.8) is 0 Å². The highest BCUT2D eigenvalue weighted by Crippen LogP contribution is 2.34. The first-order chi connectivity index (χ1) is 17.1. The zero-order valence-electron chi connectivity index (χ0n) is 21.3. The van der Waals surface area contributed by atoms with Crippen molar-refractivity contribution in [2.45, 2.75) is 45.7 Å². The van der Waals surface area contributed by atoms with E-state index in [2.05, 4.69) is 5.32 Å². The average Bonchev–Trinajstić information content (AvgIpc) is 2.86. The molecule has 1 heterocycles. The molecular formula is C26H35N3O6S. The van der Waals surface area contributed by atoms with E-state index >= 15 is 0 Å². The van der Waals surface area contributed by atoms with Crippen LogP contribution in [-0.4, -0.2) is 64.2 Å². The van der Waals surface area contributed by atoms with Gasteiger partial charge in [-0.2, -0.15) is 0 Å². The van der Waals surface area contributed by atoms with Crippen LogP contribution in [-0.2, 0) is 26.2 Å². The van der Waals surface area contributed by atoms with Gasteiger partial charge in [0.2, 0.25) is 21.8 Å². The Bertz CT molecular complexity index is 1170. The molecule has 2 aromatic rings. The Kier molecular flexibility index (Phi) is 9.19. The van der Waals surface area contributed by atoms with Gasteiger partial charge in [-0.1, -0.05) is 36.8 Å². The van der Waals surface area contributed by atoms with Gasteiger partial charge in [0, 0.05) is 32.6 Å². The Hall–Kier alpha value is -3.27. The van der Waals surface area contributed by atoms with Gasteiger partial charge in [0.25, 0.3) is 0 Å².